The summed E-state index contributed by atoms with van der Waals surface area (Å²) < 4.78 is 30.4. The van der Waals surface area contributed by atoms with Gasteiger partial charge < -0.3 is 20.2 Å². The number of carbonyl (C=O) groups is 1. The third kappa shape index (κ3) is 5.31. The summed E-state index contributed by atoms with van der Waals surface area (Å²) in [5.41, 5.74) is -0.112. The van der Waals surface area contributed by atoms with Crippen molar-refractivity contribution in [2.75, 3.05) is 31.1 Å². The maximum absolute atomic E-state index is 14.8. The van der Waals surface area contributed by atoms with Gasteiger partial charge in [0.05, 0.1) is 38.7 Å². The second kappa shape index (κ2) is 12.4. The van der Waals surface area contributed by atoms with Crippen LogP contribution in [-0.4, -0.2) is 57.7 Å². The molecule has 0 radical (unpaired) electrons. The smallest absolute Gasteiger partial charge is 0.276 e. The maximum atomic E-state index is 14.8. The first-order valence-corrected chi connectivity index (χ1v) is 15.0. The number of anilines is 1. The van der Waals surface area contributed by atoms with Gasteiger partial charge in [0.2, 0.25) is 5.91 Å². The number of piperazine rings is 1. The molecule has 0 saturated carbocycles. The minimum absolute atomic E-state index is 0.0198. The highest BCUT2D eigenvalue weighted by atomic mass is 35.5. The number of phenols is 1. The largest absolute Gasteiger partial charge is 0.506 e. The fourth-order valence-corrected chi connectivity index (χ4v) is 6.41. The third-order valence-corrected chi connectivity index (χ3v) is 8.95. The lowest BCUT2D eigenvalue weighted by Crippen LogP contribution is -2.49. The molecule has 1 saturated heterocycles. The Labute approximate surface area is 272 Å². The van der Waals surface area contributed by atoms with E-state index in [9.17, 15) is 28.7 Å². The number of aromatic nitrogens is 2. The topological polar surface area (TPSA) is 114 Å². The number of nitrogens with one attached hydrogen (secondary N) is 1. The molecule has 1 aromatic carbocycles. The van der Waals surface area contributed by atoms with Crippen molar-refractivity contribution in [3.05, 3.63) is 79.2 Å². The number of aromatic hydroxyl groups is 1. The number of nitriles is 1. The average Bonchev–Trinajstić information content (AvgIpc) is 3.02. The molecule has 2 aliphatic heterocycles. The van der Waals surface area contributed by atoms with Gasteiger partial charge in [-0.05, 0) is 42.8 Å². The number of fused-ring (bicyclic) bond motifs is 1. The summed E-state index contributed by atoms with van der Waals surface area (Å²) in [5.74, 6) is -4.23. The van der Waals surface area contributed by atoms with E-state index in [1.165, 1.54) is 16.7 Å². The number of nitrogens with zero attached hydrogens (tertiary/aromatic N) is 5. The van der Waals surface area contributed by atoms with Gasteiger partial charge >= 0.3 is 0 Å². The summed E-state index contributed by atoms with van der Waals surface area (Å²) in [6.07, 6.45) is 4.76. The monoisotopic (exact) mass is 674 g/mol. The molecule has 9 nitrogen and oxygen atoms in total. The van der Waals surface area contributed by atoms with Gasteiger partial charge in [-0.15, -0.1) is 0 Å². The number of benzene rings is 1. The third-order valence-electron chi connectivity index (χ3n) is 7.96. The first-order valence-electron chi connectivity index (χ1n) is 13.9. The van der Waals surface area contributed by atoms with Gasteiger partial charge in [0.15, 0.2) is 11.6 Å². The molecule has 5 rings (SSSR count). The summed E-state index contributed by atoms with van der Waals surface area (Å²) in [4.78, 5) is 34.7. The minimum Gasteiger partial charge on any atom is -0.506 e. The molecule has 45 heavy (non-hydrogen) atoms. The molecule has 3 aromatic rings. The van der Waals surface area contributed by atoms with Crippen molar-refractivity contribution < 1.29 is 18.7 Å². The van der Waals surface area contributed by atoms with Crippen LogP contribution in [0.15, 0.2) is 41.4 Å². The molecular weight excluding hydrogens is 649 g/mol. The molecule has 2 aliphatic rings. The lowest BCUT2D eigenvalue weighted by molar-refractivity contribution is -0.126. The van der Waals surface area contributed by atoms with Crippen molar-refractivity contribution in [2.45, 2.75) is 26.8 Å². The molecule has 1 atom stereocenters. The maximum Gasteiger partial charge on any atom is 0.276 e. The van der Waals surface area contributed by atoms with Crippen molar-refractivity contribution in [2.24, 2.45) is 5.92 Å². The molecule has 1 amide bonds. The number of carbonyl (C=O) groups excluding carboxylic acids is 1. The quantitative estimate of drug-likeness (QED) is 0.191. The number of halogens is 5. The predicted octanol–water partition coefficient (Wildman–Crippen LogP) is 6.09. The molecule has 0 spiro atoms. The van der Waals surface area contributed by atoms with Crippen molar-refractivity contribution in [1.82, 2.24) is 19.8 Å². The molecule has 14 heteroatoms. The van der Waals surface area contributed by atoms with Crippen LogP contribution in [0.3, 0.4) is 0 Å². The molecule has 0 aliphatic carbocycles. The highest BCUT2D eigenvalue weighted by Crippen LogP contribution is 2.47. The molecule has 234 valence electrons. The van der Waals surface area contributed by atoms with E-state index in [1.54, 1.807) is 22.1 Å². The van der Waals surface area contributed by atoms with E-state index in [4.69, 9.17) is 34.8 Å². The van der Waals surface area contributed by atoms with E-state index in [1.807, 2.05) is 20.8 Å². The second-order valence-corrected chi connectivity index (χ2v) is 12.1. The standard InChI is InChI=1S/C31H27Cl3F2N6O3/c1-5-19(43)40-8-10-41(11-9-40)28-16-12-18(32)26(20-21(33)23(35)24(36)22(34)29(20)44)39-30(16)42(31(45)17(28)13-37)27-15(4)6-7-38-25(27)14(2)3/h5-7,12,14,25,38,44H,1,8-11H2,2-4H3/t25-/m1/s1. The van der Waals surface area contributed by atoms with E-state index in [2.05, 4.69) is 22.9 Å². The molecule has 1 fully saturated rings. The zero-order chi connectivity index (χ0) is 32.9. The van der Waals surface area contributed by atoms with E-state index in [-0.39, 0.29) is 52.5 Å². The van der Waals surface area contributed by atoms with E-state index in [0.717, 1.165) is 0 Å². The highest BCUT2D eigenvalue weighted by Gasteiger charge is 2.33. The van der Waals surface area contributed by atoms with Crippen LogP contribution in [0.25, 0.3) is 28.0 Å². The number of phenolic OH excluding ortho intramolecular Hbond substituents is 1. The van der Waals surface area contributed by atoms with Gasteiger partial charge in [0.1, 0.15) is 28.1 Å². The van der Waals surface area contributed by atoms with E-state index >= 15 is 0 Å². The van der Waals surface area contributed by atoms with Crippen molar-refractivity contribution in [3.8, 4) is 23.1 Å². The molecule has 2 N–H and O–H groups in total. The Bertz CT molecular complexity index is 1910. The number of hydrogen-bond donors (Lipinski definition) is 2. The van der Waals surface area contributed by atoms with Gasteiger partial charge in [0.25, 0.3) is 5.56 Å². The fraction of sp³-hybridized carbons (Fsp3) is 0.290. The van der Waals surface area contributed by atoms with Crippen molar-refractivity contribution in [3.63, 3.8) is 0 Å². The first-order chi connectivity index (χ1) is 21.3. The molecule has 0 bridgehead atoms. The summed E-state index contributed by atoms with van der Waals surface area (Å²) in [5, 5.41) is 22.8. The Kier molecular flexibility index (Phi) is 8.86. The molecule has 4 heterocycles. The lowest BCUT2D eigenvalue weighted by atomic mass is 9.94. The predicted molar refractivity (Wildman–Crippen MR) is 172 cm³/mol. The minimum atomic E-state index is -1.55. The molecular formula is C31H27Cl3F2N6O3. The number of rotatable bonds is 5. The van der Waals surface area contributed by atoms with Gasteiger partial charge in [-0.2, -0.15) is 5.26 Å². The van der Waals surface area contributed by atoms with Crippen LogP contribution in [0.2, 0.25) is 15.1 Å². The Balaban J connectivity index is 1.90. The molecule has 2 aromatic heterocycles. The lowest BCUT2D eigenvalue weighted by Gasteiger charge is -2.37. The van der Waals surface area contributed by atoms with Gasteiger partial charge in [0, 0.05) is 31.6 Å². The van der Waals surface area contributed by atoms with Crippen molar-refractivity contribution >= 4 is 63.1 Å². The zero-order valence-corrected chi connectivity index (χ0v) is 26.7. The number of allylic oxidation sites excluding steroid dienone is 2. The van der Waals surface area contributed by atoms with Gasteiger partial charge in [-0.25, -0.2) is 13.8 Å². The number of hydrogen-bond acceptors (Lipinski definition) is 7. The normalized spacial score (nSPS) is 16.8. The van der Waals surface area contributed by atoms with Crippen LogP contribution < -0.4 is 15.8 Å². The second-order valence-electron chi connectivity index (χ2n) is 11.0. The molecule has 0 unspecified atom stereocenters. The van der Waals surface area contributed by atoms with Crippen LogP contribution in [0.1, 0.15) is 26.3 Å². The van der Waals surface area contributed by atoms with Crippen LogP contribution >= 0.6 is 34.8 Å². The van der Waals surface area contributed by atoms with Crippen LogP contribution in [0.5, 0.6) is 5.75 Å². The Morgan fingerprint density at radius 3 is 2.44 bits per heavy atom. The van der Waals surface area contributed by atoms with Crippen LogP contribution in [-0.2, 0) is 4.79 Å². The Morgan fingerprint density at radius 2 is 1.84 bits per heavy atom. The Morgan fingerprint density at radius 1 is 1.20 bits per heavy atom. The average molecular weight is 676 g/mol. The van der Waals surface area contributed by atoms with Crippen LogP contribution in [0, 0.1) is 28.9 Å². The van der Waals surface area contributed by atoms with Gasteiger partial charge in [-0.1, -0.05) is 55.2 Å². The highest BCUT2D eigenvalue weighted by molar-refractivity contribution is 6.39. The number of amides is 1. The number of dihydropyridines is 1. The number of pyridine rings is 2. The van der Waals surface area contributed by atoms with E-state index in [0.29, 0.717) is 29.7 Å². The van der Waals surface area contributed by atoms with E-state index < -0.39 is 44.6 Å². The van der Waals surface area contributed by atoms with Crippen LogP contribution in [0.4, 0.5) is 14.5 Å². The van der Waals surface area contributed by atoms with Gasteiger partial charge in [-0.3, -0.25) is 14.2 Å². The first kappa shape index (κ1) is 32.3. The summed E-state index contributed by atoms with van der Waals surface area (Å²) in [6.45, 7) is 10.4. The Hall–Kier alpha value is -4.11. The van der Waals surface area contributed by atoms with Crippen molar-refractivity contribution in [1.29, 1.82) is 5.26 Å². The zero-order valence-electron chi connectivity index (χ0n) is 24.4. The summed E-state index contributed by atoms with van der Waals surface area (Å²) in [7, 11) is 0. The fourth-order valence-electron chi connectivity index (χ4n) is 5.72. The SMILES string of the molecule is C=CC(=O)N1CCN(c2c(C#N)c(=O)n(C3=C(C)C=CN[C@@H]3C(C)C)c3nc(-c4c(O)c(Cl)c(F)c(F)c4Cl)c(Cl)cc23)CC1. The summed E-state index contributed by atoms with van der Waals surface area (Å²) in [6, 6.07) is 3.11. The summed E-state index contributed by atoms with van der Waals surface area (Å²) >= 11 is 18.8.